The Kier molecular flexibility index (Phi) is 4.17. The van der Waals surface area contributed by atoms with Gasteiger partial charge in [0.15, 0.2) is 5.15 Å². The largest absolute Gasteiger partial charge is 0.394 e. The molecule has 1 fully saturated rings. The van der Waals surface area contributed by atoms with Crippen LogP contribution >= 0.6 is 11.6 Å². The Labute approximate surface area is 112 Å². The first-order valence-corrected chi connectivity index (χ1v) is 6.35. The number of morpholine rings is 1. The van der Waals surface area contributed by atoms with Gasteiger partial charge in [-0.1, -0.05) is 11.6 Å². The highest BCUT2D eigenvalue weighted by Gasteiger charge is 2.33. The molecule has 0 aliphatic carbocycles. The van der Waals surface area contributed by atoms with Crippen LogP contribution in [0.1, 0.15) is 19.5 Å². The Morgan fingerprint density at radius 2 is 2.28 bits per heavy atom. The van der Waals surface area contributed by atoms with E-state index < -0.39 is 0 Å². The standard InChI is InChI=1S/C12H18ClN3O2/c1-12(2)8-16(6-10(7-17)18-12)5-9-3-4-11(13)15-14-9/h3-4,10,17H,5-8H2,1-2H3. The third-order valence-corrected chi connectivity index (χ3v) is 3.03. The molecular weight excluding hydrogens is 254 g/mol. The average molecular weight is 272 g/mol. The molecule has 1 aromatic rings. The number of aliphatic hydroxyl groups is 1. The number of halogens is 1. The van der Waals surface area contributed by atoms with Crippen molar-refractivity contribution in [1.29, 1.82) is 0 Å². The number of aliphatic hydroxyl groups excluding tert-OH is 1. The SMILES string of the molecule is CC1(C)CN(Cc2ccc(Cl)nn2)CC(CO)O1. The van der Waals surface area contributed by atoms with Gasteiger partial charge in [-0.3, -0.25) is 4.90 Å². The van der Waals surface area contributed by atoms with Crippen molar-refractivity contribution >= 4 is 11.6 Å². The molecule has 5 nitrogen and oxygen atoms in total. The Morgan fingerprint density at radius 3 is 2.89 bits per heavy atom. The highest BCUT2D eigenvalue weighted by Crippen LogP contribution is 2.22. The summed E-state index contributed by atoms with van der Waals surface area (Å²) in [5.41, 5.74) is 0.611. The predicted octanol–water partition coefficient (Wildman–Crippen LogP) is 1.10. The predicted molar refractivity (Wildman–Crippen MR) is 68.4 cm³/mol. The molecule has 0 spiro atoms. The first-order chi connectivity index (χ1) is 8.48. The third-order valence-electron chi connectivity index (χ3n) is 2.83. The van der Waals surface area contributed by atoms with Crippen molar-refractivity contribution in [3.8, 4) is 0 Å². The molecule has 2 heterocycles. The van der Waals surface area contributed by atoms with Gasteiger partial charge in [-0.2, -0.15) is 5.10 Å². The average Bonchev–Trinajstić information content (AvgIpc) is 2.30. The second-order valence-electron chi connectivity index (χ2n) is 5.20. The zero-order chi connectivity index (χ0) is 13.2. The van der Waals surface area contributed by atoms with Gasteiger partial charge in [0.1, 0.15) is 0 Å². The van der Waals surface area contributed by atoms with Crippen LogP contribution in [-0.2, 0) is 11.3 Å². The highest BCUT2D eigenvalue weighted by molar-refractivity contribution is 6.29. The number of ether oxygens (including phenoxy) is 1. The van der Waals surface area contributed by atoms with Crippen LogP contribution in [0.2, 0.25) is 5.15 Å². The third kappa shape index (κ3) is 3.62. The summed E-state index contributed by atoms with van der Waals surface area (Å²) in [6.07, 6.45) is -0.144. The summed E-state index contributed by atoms with van der Waals surface area (Å²) >= 11 is 5.71. The van der Waals surface area contributed by atoms with Crippen LogP contribution in [0.5, 0.6) is 0 Å². The van der Waals surface area contributed by atoms with Crippen molar-refractivity contribution in [2.45, 2.75) is 32.1 Å². The summed E-state index contributed by atoms with van der Waals surface area (Å²) in [4.78, 5) is 2.21. The fourth-order valence-corrected chi connectivity index (χ4v) is 2.39. The molecule has 1 N–H and O–H groups in total. The smallest absolute Gasteiger partial charge is 0.151 e. The molecule has 0 amide bonds. The van der Waals surface area contributed by atoms with E-state index >= 15 is 0 Å². The van der Waals surface area contributed by atoms with E-state index in [9.17, 15) is 5.11 Å². The lowest BCUT2D eigenvalue weighted by atomic mass is 10.1. The fraction of sp³-hybridized carbons (Fsp3) is 0.667. The van der Waals surface area contributed by atoms with E-state index in [0.29, 0.717) is 18.2 Å². The Morgan fingerprint density at radius 1 is 1.50 bits per heavy atom. The lowest BCUT2D eigenvalue weighted by molar-refractivity contribution is -0.150. The summed E-state index contributed by atoms with van der Waals surface area (Å²) in [6, 6.07) is 3.60. The summed E-state index contributed by atoms with van der Waals surface area (Å²) in [5.74, 6) is 0. The van der Waals surface area contributed by atoms with E-state index in [-0.39, 0.29) is 18.3 Å². The summed E-state index contributed by atoms with van der Waals surface area (Å²) in [6.45, 7) is 6.27. The monoisotopic (exact) mass is 271 g/mol. The van der Waals surface area contributed by atoms with Gasteiger partial charge in [-0.25, -0.2) is 0 Å². The maximum Gasteiger partial charge on any atom is 0.151 e. The van der Waals surface area contributed by atoms with Crippen LogP contribution in [0, 0.1) is 0 Å². The minimum atomic E-state index is -0.258. The zero-order valence-corrected chi connectivity index (χ0v) is 11.4. The van der Waals surface area contributed by atoms with Crippen molar-refractivity contribution in [3.05, 3.63) is 23.0 Å². The van der Waals surface area contributed by atoms with Gasteiger partial charge in [0.05, 0.1) is 24.0 Å². The van der Waals surface area contributed by atoms with E-state index in [2.05, 4.69) is 15.1 Å². The minimum absolute atomic E-state index is 0.0340. The van der Waals surface area contributed by atoms with Crippen LogP contribution in [0.3, 0.4) is 0 Å². The van der Waals surface area contributed by atoms with Crippen LogP contribution < -0.4 is 0 Å². The van der Waals surface area contributed by atoms with Gasteiger partial charge < -0.3 is 9.84 Å². The topological polar surface area (TPSA) is 58.5 Å². The first kappa shape index (κ1) is 13.7. The number of rotatable bonds is 3. The van der Waals surface area contributed by atoms with Crippen molar-refractivity contribution in [2.75, 3.05) is 19.7 Å². The molecule has 2 rings (SSSR count). The van der Waals surface area contributed by atoms with E-state index in [4.69, 9.17) is 16.3 Å². The molecule has 1 aromatic heterocycles. The quantitative estimate of drug-likeness (QED) is 0.892. The molecule has 6 heteroatoms. The molecule has 1 saturated heterocycles. The molecule has 0 saturated carbocycles. The molecule has 0 aromatic carbocycles. The van der Waals surface area contributed by atoms with Crippen LogP contribution in [-0.4, -0.2) is 51.6 Å². The van der Waals surface area contributed by atoms with Crippen LogP contribution in [0.15, 0.2) is 12.1 Å². The lowest BCUT2D eigenvalue weighted by Gasteiger charge is -2.42. The van der Waals surface area contributed by atoms with Crippen molar-refractivity contribution < 1.29 is 9.84 Å². The Bertz CT molecular complexity index is 397. The van der Waals surface area contributed by atoms with Crippen molar-refractivity contribution in [2.24, 2.45) is 0 Å². The highest BCUT2D eigenvalue weighted by atomic mass is 35.5. The molecule has 1 atom stereocenters. The van der Waals surface area contributed by atoms with E-state index in [1.807, 2.05) is 19.9 Å². The van der Waals surface area contributed by atoms with Gasteiger partial charge in [-0.15, -0.1) is 5.10 Å². The molecule has 1 aliphatic rings. The lowest BCUT2D eigenvalue weighted by Crippen LogP contribution is -2.53. The molecule has 0 radical (unpaired) electrons. The second kappa shape index (κ2) is 5.48. The Hall–Kier alpha value is -0.750. The Balaban J connectivity index is 2.02. The van der Waals surface area contributed by atoms with Gasteiger partial charge in [0.25, 0.3) is 0 Å². The normalized spacial score (nSPS) is 24.1. The van der Waals surface area contributed by atoms with Crippen molar-refractivity contribution in [1.82, 2.24) is 15.1 Å². The van der Waals surface area contributed by atoms with Crippen LogP contribution in [0.25, 0.3) is 0 Å². The minimum Gasteiger partial charge on any atom is -0.394 e. The number of hydrogen-bond acceptors (Lipinski definition) is 5. The molecule has 1 unspecified atom stereocenters. The van der Waals surface area contributed by atoms with E-state index in [1.165, 1.54) is 0 Å². The maximum absolute atomic E-state index is 9.25. The molecule has 18 heavy (non-hydrogen) atoms. The van der Waals surface area contributed by atoms with Gasteiger partial charge in [-0.05, 0) is 26.0 Å². The summed E-state index contributed by atoms with van der Waals surface area (Å²) in [7, 11) is 0. The number of hydrogen-bond donors (Lipinski definition) is 1. The molecular formula is C12H18ClN3O2. The van der Waals surface area contributed by atoms with Gasteiger partial charge >= 0.3 is 0 Å². The number of nitrogens with zero attached hydrogens (tertiary/aromatic N) is 3. The van der Waals surface area contributed by atoms with Gasteiger partial charge in [0.2, 0.25) is 0 Å². The summed E-state index contributed by atoms with van der Waals surface area (Å²) < 4.78 is 5.76. The van der Waals surface area contributed by atoms with E-state index in [1.54, 1.807) is 6.07 Å². The first-order valence-electron chi connectivity index (χ1n) is 5.98. The van der Waals surface area contributed by atoms with Crippen molar-refractivity contribution in [3.63, 3.8) is 0 Å². The maximum atomic E-state index is 9.25. The zero-order valence-electron chi connectivity index (χ0n) is 10.6. The molecule has 0 bridgehead atoms. The van der Waals surface area contributed by atoms with Crippen LogP contribution in [0.4, 0.5) is 0 Å². The van der Waals surface area contributed by atoms with E-state index in [0.717, 1.165) is 12.2 Å². The fourth-order valence-electron chi connectivity index (χ4n) is 2.29. The molecule has 1 aliphatic heterocycles. The number of aromatic nitrogens is 2. The van der Waals surface area contributed by atoms with Gasteiger partial charge in [0, 0.05) is 19.6 Å². The molecule has 100 valence electrons. The second-order valence-corrected chi connectivity index (χ2v) is 5.59. The summed E-state index contributed by atoms with van der Waals surface area (Å²) in [5, 5.41) is 17.5.